The standard InChI is InChI=1S/C13H20N/c1-10(2)8-9-13(14)12-7-5-4-6-11(12)3/h4-7,9-10,13H,8,14H2,1-3H3. The molecule has 1 rings (SSSR count). The fourth-order valence-electron chi connectivity index (χ4n) is 1.51. The summed E-state index contributed by atoms with van der Waals surface area (Å²) in [5.74, 6) is 0.685. The largest absolute Gasteiger partial charge is 0.324 e. The molecule has 0 saturated carbocycles. The number of hydrogen-bond acceptors (Lipinski definition) is 1. The Morgan fingerprint density at radius 1 is 1.29 bits per heavy atom. The van der Waals surface area contributed by atoms with Crippen molar-refractivity contribution in [3.63, 3.8) is 0 Å². The smallest absolute Gasteiger partial charge is 0.0329 e. The van der Waals surface area contributed by atoms with Gasteiger partial charge in [0.25, 0.3) is 0 Å². The first-order valence-corrected chi connectivity index (χ1v) is 5.25. The van der Waals surface area contributed by atoms with Crippen LogP contribution in [-0.2, 0) is 0 Å². The predicted molar refractivity (Wildman–Crippen MR) is 61.9 cm³/mol. The highest BCUT2D eigenvalue weighted by molar-refractivity contribution is 5.30. The van der Waals surface area contributed by atoms with Gasteiger partial charge in [-0.2, -0.15) is 0 Å². The van der Waals surface area contributed by atoms with Crippen LogP contribution in [0.15, 0.2) is 24.3 Å². The SMILES string of the molecule is Cc1ccccc1C(N)[CH]CC(C)C. The van der Waals surface area contributed by atoms with Crippen LogP contribution in [0.3, 0.4) is 0 Å². The van der Waals surface area contributed by atoms with Crippen LogP contribution in [0.25, 0.3) is 0 Å². The van der Waals surface area contributed by atoms with Gasteiger partial charge in [0.2, 0.25) is 0 Å². The molecule has 0 bridgehead atoms. The minimum atomic E-state index is 0.0820. The van der Waals surface area contributed by atoms with E-state index in [9.17, 15) is 0 Å². The topological polar surface area (TPSA) is 26.0 Å². The van der Waals surface area contributed by atoms with Gasteiger partial charge in [-0.05, 0) is 36.8 Å². The van der Waals surface area contributed by atoms with Gasteiger partial charge in [-0.15, -0.1) is 0 Å². The second-order valence-corrected chi connectivity index (χ2v) is 4.25. The minimum Gasteiger partial charge on any atom is -0.324 e. The Morgan fingerprint density at radius 3 is 2.50 bits per heavy atom. The monoisotopic (exact) mass is 190 g/mol. The molecule has 0 aliphatic heterocycles. The van der Waals surface area contributed by atoms with Crippen molar-refractivity contribution in [2.24, 2.45) is 11.7 Å². The third-order valence-electron chi connectivity index (χ3n) is 2.41. The first-order chi connectivity index (χ1) is 6.61. The van der Waals surface area contributed by atoms with Crippen molar-refractivity contribution in [2.45, 2.75) is 33.2 Å². The molecule has 1 aromatic carbocycles. The van der Waals surface area contributed by atoms with Crippen molar-refractivity contribution in [2.75, 3.05) is 0 Å². The zero-order valence-electron chi connectivity index (χ0n) is 9.33. The first-order valence-electron chi connectivity index (χ1n) is 5.25. The minimum absolute atomic E-state index is 0.0820. The molecule has 1 nitrogen and oxygen atoms in total. The summed E-state index contributed by atoms with van der Waals surface area (Å²) < 4.78 is 0. The van der Waals surface area contributed by atoms with E-state index in [1.54, 1.807) is 0 Å². The van der Waals surface area contributed by atoms with E-state index in [1.807, 2.05) is 12.1 Å². The van der Waals surface area contributed by atoms with Gasteiger partial charge >= 0.3 is 0 Å². The lowest BCUT2D eigenvalue weighted by molar-refractivity contribution is 0.600. The molecule has 0 heterocycles. The Balaban J connectivity index is 2.60. The van der Waals surface area contributed by atoms with Crippen molar-refractivity contribution < 1.29 is 0 Å². The summed E-state index contributed by atoms with van der Waals surface area (Å²) in [6, 6.07) is 8.40. The third kappa shape index (κ3) is 3.15. The lowest BCUT2D eigenvalue weighted by atomic mass is 9.95. The van der Waals surface area contributed by atoms with Crippen LogP contribution in [0.2, 0.25) is 0 Å². The molecule has 1 heteroatoms. The normalized spacial score (nSPS) is 13.2. The average molecular weight is 190 g/mol. The molecular formula is C13H20N. The molecule has 2 N–H and O–H groups in total. The Hall–Kier alpha value is -0.820. The molecule has 77 valence electrons. The second kappa shape index (κ2) is 5.16. The maximum atomic E-state index is 6.09. The summed E-state index contributed by atoms with van der Waals surface area (Å²) in [5, 5.41) is 0. The Labute approximate surface area is 87.3 Å². The molecule has 1 atom stereocenters. The van der Waals surface area contributed by atoms with E-state index in [1.165, 1.54) is 11.1 Å². The van der Waals surface area contributed by atoms with E-state index in [0.717, 1.165) is 6.42 Å². The van der Waals surface area contributed by atoms with Gasteiger partial charge in [0.1, 0.15) is 0 Å². The highest BCUT2D eigenvalue weighted by Crippen LogP contribution is 2.20. The lowest BCUT2D eigenvalue weighted by Gasteiger charge is -2.15. The summed E-state index contributed by atoms with van der Waals surface area (Å²) in [6.45, 7) is 6.53. The summed E-state index contributed by atoms with van der Waals surface area (Å²) in [5.41, 5.74) is 8.61. The highest BCUT2D eigenvalue weighted by Gasteiger charge is 2.08. The fraction of sp³-hybridized carbons (Fsp3) is 0.462. The Bertz CT molecular complexity index is 278. The van der Waals surface area contributed by atoms with E-state index in [0.29, 0.717) is 5.92 Å². The average Bonchev–Trinajstić information content (AvgIpc) is 2.15. The number of rotatable bonds is 4. The van der Waals surface area contributed by atoms with Crippen LogP contribution >= 0.6 is 0 Å². The maximum absolute atomic E-state index is 6.09. The zero-order valence-corrected chi connectivity index (χ0v) is 9.33. The predicted octanol–water partition coefficient (Wildman–Crippen LogP) is 3.25. The molecule has 1 radical (unpaired) electrons. The third-order valence-corrected chi connectivity index (χ3v) is 2.41. The molecular weight excluding hydrogens is 170 g/mol. The van der Waals surface area contributed by atoms with Crippen LogP contribution in [0, 0.1) is 19.3 Å². The second-order valence-electron chi connectivity index (χ2n) is 4.25. The molecule has 0 spiro atoms. The number of nitrogens with two attached hydrogens (primary N) is 1. The first kappa shape index (κ1) is 11.3. The van der Waals surface area contributed by atoms with Gasteiger partial charge in [-0.3, -0.25) is 0 Å². The molecule has 0 amide bonds. The summed E-state index contributed by atoms with van der Waals surface area (Å²) >= 11 is 0. The number of aryl methyl sites for hydroxylation is 1. The van der Waals surface area contributed by atoms with E-state index in [4.69, 9.17) is 5.73 Å². The van der Waals surface area contributed by atoms with Crippen molar-refractivity contribution in [3.05, 3.63) is 41.8 Å². The van der Waals surface area contributed by atoms with Crippen LogP contribution in [0.1, 0.15) is 37.4 Å². The van der Waals surface area contributed by atoms with Gasteiger partial charge < -0.3 is 5.73 Å². The van der Waals surface area contributed by atoms with Crippen LogP contribution < -0.4 is 5.73 Å². The van der Waals surface area contributed by atoms with E-state index in [-0.39, 0.29) is 6.04 Å². The molecule has 1 unspecified atom stereocenters. The molecule has 14 heavy (non-hydrogen) atoms. The van der Waals surface area contributed by atoms with Gasteiger partial charge in [0.15, 0.2) is 0 Å². The highest BCUT2D eigenvalue weighted by atomic mass is 14.6. The summed E-state index contributed by atoms with van der Waals surface area (Å²) in [6.07, 6.45) is 3.28. The quantitative estimate of drug-likeness (QED) is 0.775. The summed E-state index contributed by atoms with van der Waals surface area (Å²) in [7, 11) is 0. The van der Waals surface area contributed by atoms with Gasteiger partial charge in [-0.25, -0.2) is 0 Å². The molecule has 0 aliphatic carbocycles. The van der Waals surface area contributed by atoms with Crippen LogP contribution in [0.5, 0.6) is 0 Å². The number of hydrogen-bond donors (Lipinski definition) is 1. The molecule has 1 aromatic rings. The van der Waals surface area contributed by atoms with Crippen LogP contribution in [-0.4, -0.2) is 0 Å². The Kier molecular flexibility index (Phi) is 4.15. The van der Waals surface area contributed by atoms with Crippen molar-refractivity contribution in [1.82, 2.24) is 0 Å². The van der Waals surface area contributed by atoms with Gasteiger partial charge in [0.05, 0.1) is 0 Å². The van der Waals surface area contributed by atoms with Crippen molar-refractivity contribution in [3.8, 4) is 0 Å². The maximum Gasteiger partial charge on any atom is 0.0329 e. The lowest BCUT2D eigenvalue weighted by Crippen LogP contribution is -2.13. The Morgan fingerprint density at radius 2 is 1.93 bits per heavy atom. The van der Waals surface area contributed by atoms with Crippen molar-refractivity contribution in [1.29, 1.82) is 0 Å². The molecule has 0 fully saturated rings. The van der Waals surface area contributed by atoms with E-state index < -0.39 is 0 Å². The van der Waals surface area contributed by atoms with Crippen molar-refractivity contribution >= 4 is 0 Å². The van der Waals surface area contributed by atoms with E-state index >= 15 is 0 Å². The zero-order chi connectivity index (χ0) is 10.6. The molecule has 0 saturated heterocycles. The summed E-state index contributed by atoms with van der Waals surface area (Å²) in [4.78, 5) is 0. The fourth-order valence-corrected chi connectivity index (χ4v) is 1.51. The van der Waals surface area contributed by atoms with E-state index in [2.05, 4.69) is 39.3 Å². The van der Waals surface area contributed by atoms with Gasteiger partial charge in [0, 0.05) is 6.04 Å². The molecule has 0 aliphatic rings. The molecule has 0 aromatic heterocycles. The number of benzene rings is 1. The van der Waals surface area contributed by atoms with Gasteiger partial charge in [-0.1, -0.05) is 38.1 Å². The van der Waals surface area contributed by atoms with Crippen LogP contribution in [0.4, 0.5) is 0 Å².